The maximum Gasteiger partial charge on any atom is 0.256 e. The number of pyridine rings is 1. The molecule has 19 heavy (non-hydrogen) atoms. The largest absolute Gasteiger partial charge is 0.316 e. The zero-order chi connectivity index (χ0) is 14.2. The summed E-state index contributed by atoms with van der Waals surface area (Å²) in [5.74, 6) is -0.477. The number of nitrogens with zero attached hydrogens (tertiary/aromatic N) is 1. The highest BCUT2D eigenvalue weighted by Gasteiger charge is 2.14. The molecule has 1 aromatic heterocycles. The predicted octanol–water partition coefficient (Wildman–Crippen LogP) is 1.89. The number of hydrogen-bond donors (Lipinski definition) is 3. The van der Waals surface area contributed by atoms with Crippen LogP contribution >= 0.6 is 12.6 Å². The third-order valence-electron chi connectivity index (χ3n) is 2.74. The van der Waals surface area contributed by atoms with Crippen molar-refractivity contribution in [1.82, 2.24) is 9.88 Å². The molecule has 0 bridgehead atoms. The molecule has 0 fully saturated rings. The summed E-state index contributed by atoms with van der Waals surface area (Å²) in [6.45, 7) is 0.409. The molecule has 0 unspecified atom stereocenters. The Morgan fingerprint density at radius 3 is 2.74 bits per heavy atom. The Hall–Kier alpha value is -1.66. The summed E-state index contributed by atoms with van der Waals surface area (Å²) in [6.07, 6.45) is 0. The van der Waals surface area contributed by atoms with E-state index >= 15 is 0 Å². The summed E-state index contributed by atoms with van der Waals surface area (Å²) in [5.41, 5.74) is 0.454. The molecule has 0 spiro atoms. The Bertz CT molecular complexity index is 709. The van der Waals surface area contributed by atoms with Gasteiger partial charge in [-0.2, -0.15) is 0 Å². The minimum absolute atomic E-state index is 0.233. The topological polar surface area (TPSA) is 60.0 Å². The number of hydrogen-bond acceptors (Lipinski definition) is 4. The number of rotatable bonds is 3. The van der Waals surface area contributed by atoms with Crippen molar-refractivity contribution in [1.29, 1.82) is 5.41 Å². The fourth-order valence-corrected chi connectivity index (χ4v) is 2.34. The van der Waals surface area contributed by atoms with E-state index in [9.17, 15) is 9.18 Å². The summed E-state index contributed by atoms with van der Waals surface area (Å²) < 4.78 is 13.2. The molecule has 6 heteroatoms. The van der Waals surface area contributed by atoms with Crippen molar-refractivity contribution in [3.8, 4) is 0 Å². The maximum atomic E-state index is 13.2. The van der Waals surface area contributed by atoms with Crippen molar-refractivity contribution >= 4 is 29.1 Å². The lowest BCUT2D eigenvalue weighted by molar-refractivity contribution is 0.469. The standard InChI is InChI=1S/C13H14FN3OS/c1-17(2)6-10(15)11-8-4-3-7(14)5-9(8)12(18)16-13(11)19/h3-5,15H,6H2,1-2H3,(H2,16,18,19). The highest BCUT2D eigenvalue weighted by atomic mass is 32.1. The molecule has 2 N–H and O–H groups in total. The maximum absolute atomic E-state index is 13.2. The van der Waals surface area contributed by atoms with E-state index in [0.717, 1.165) is 0 Å². The summed E-state index contributed by atoms with van der Waals surface area (Å²) >= 11 is 4.22. The van der Waals surface area contributed by atoms with E-state index in [4.69, 9.17) is 5.41 Å². The average molecular weight is 279 g/mol. The molecule has 2 aromatic rings. The Labute approximate surface area is 115 Å². The first-order valence-corrected chi connectivity index (χ1v) is 6.12. The molecule has 0 aliphatic rings. The SMILES string of the molecule is CN(C)CC(=N)c1c(S)[nH]c(=O)c2cc(F)ccc12. The van der Waals surface area contributed by atoms with E-state index < -0.39 is 11.4 Å². The summed E-state index contributed by atoms with van der Waals surface area (Å²) in [5, 5.41) is 9.21. The van der Waals surface area contributed by atoms with Gasteiger partial charge >= 0.3 is 0 Å². The van der Waals surface area contributed by atoms with Crippen molar-refractivity contribution in [3.05, 3.63) is 39.9 Å². The van der Waals surface area contributed by atoms with Crippen LogP contribution in [0.4, 0.5) is 4.39 Å². The third-order valence-corrected chi connectivity index (χ3v) is 3.08. The molecule has 0 atom stereocenters. The number of benzene rings is 1. The van der Waals surface area contributed by atoms with Crippen LogP contribution in [0.25, 0.3) is 10.8 Å². The van der Waals surface area contributed by atoms with Crippen molar-refractivity contribution in [3.63, 3.8) is 0 Å². The second-order valence-corrected chi connectivity index (χ2v) is 5.03. The zero-order valence-corrected chi connectivity index (χ0v) is 11.5. The second-order valence-electron chi connectivity index (χ2n) is 4.58. The monoisotopic (exact) mass is 279 g/mol. The minimum atomic E-state index is -0.477. The molecule has 0 amide bonds. The molecule has 0 radical (unpaired) electrons. The summed E-state index contributed by atoms with van der Waals surface area (Å²) in [4.78, 5) is 16.2. The molecule has 0 aliphatic carbocycles. The van der Waals surface area contributed by atoms with Crippen LogP contribution in [-0.2, 0) is 0 Å². The number of fused-ring (bicyclic) bond motifs is 1. The number of nitrogens with one attached hydrogen (secondary N) is 2. The van der Waals surface area contributed by atoms with Gasteiger partial charge in [-0.3, -0.25) is 4.79 Å². The number of H-pyrrole nitrogens is 1. The zero-order valence-electron chi connectivity index (χ0n) is 10.6. The Balaban J connectivity index is 2.73. The first-order chi connectivity index (χ1) is 8.90. The predicted molar refractivity (Wildman–Crippen MR) is 77.2 cm³/mol. The van der Waals surface area contributed by atoms with E-state index in [1.54, 1.807) is 0 Å². The van der Waals surface area contributed by atoms with Gasteiger partial charge in [0.1, 0.15) is 5.82 Å². The molecule has 0 saturated carbocycles. The molecule has 1 aromatic carbocycles. The number of likely N-dealkylation sites (N-methyl/N-ethyl adjacent to an activating group) is 1. The average Bonchev–Trinajstić information content (AvgIpc) is 2.29. The Kier molecular flexibility index (Phi) is 3.73. The van der Waals surface area contributed by atoms with E-state index in [2.05, 4.69) is 17.6 Å². The van der Waals surface area contributed by atoms with Gasteiger partial charge in [-0.05, 0) is 31.6 Å². The molecule has 4 nitrogen and oxygen atoms in total. The minimum Gasteiger partial charge on any atom is -0.316 e. The lowest BCUT2D eigenvalue weighted by Gasteiger charge is -2.14. The van der Waals surface area contributed by atoms with Crippen LogP contribution in [0.2, 0.25) is 0 Å². The number of aromatic amines is 1. The van der Waals surface area contributed by atoms with E-state index in [0.29, 0.717) is 28.2 Å². The second kappa shape index (κ2) is 5.14. The van der Waals surface area contributed by atoms with Gasteiger partial charge in [0.15, 0.2) is 0 Å². The van der Waals surface area contributed by atoms with Gasteiger partial charge in [0, 0.05) is 12.1 Å². The fourth-order valence-electron chi connectivity index (χ4n) is 1.99. The molecule has 2 rings (SSSR count). The van der Waals surface area contributed by atoms with E-state index in [-0.39, 0.29) is 5.39 Å². The number of thiol groups is 1. The van der Waals surface area contributed by atoms with Gasteiger partial charge in [-0.1, -0.05) is 6.07 Å². The van der Waals surface area contributed by atoms with Crippen molar-refractivity contribution in [2.75, 3.05) is 20.6 Å². The molecule has 1 heterocycles. The van der Waals surface area contributed by atoms with Crippen molar-refractivity contribution < 1.29 is 4.39 Å². The van der Waals surface area contributed by atoms with Gasteiger partial charge in [0.25, 0.3) is 5.56 Å². The van der Waals surface area contributed by atoms with E-state index in [1.807, 2.05) is 19.0 Å². The smallest absolute Gasteiger partial charge is 0.256 e. The van der Waals surface area contributed by atoms with Crippen LogP contribution in [0.3, 0.4) is 0 Å². The molecule has 0 saturated heterocycles. The van der Waals surface area contributed by atoms with Gasteiger partial charge in [-0.25, -0.2) is 4.39 Å². The van der Waals surface area contributed by atoms with Crippen LogP contribution in [0, 0.1) is 11.2 Å². The van der Waals surface area contributed by atoms with Gasteiger partial charge in [0.05, 0.1) is 16.1 Å². The van der Waals surface area contributed by atoms with Crippen LogP contribution in [0.1, 0.15) is 5.56 Å². The number of halogens is 1. The van der Waals surface area contributed by atoms with Crippen LogP contribution in [0.5, 0.6) is 0 Å². The fraction of sp³-hybridized carbons (Fsp3) is 0.231. The van der Waals surface area contributed by atoms with E-state index in [1.165, 1.54) is 18.2 Å². The molecular formula is C13H14FN3OS. The normalized spacial score (nSPS) is 11.2. The first-order valence-electron chi connectivity index (χ1n) is 5.67. The molecule has 100 valence electrons. The van der Waals surface area contributed by atoms with Gasteiger partial charge in [0.2, 0.25) is 0 Å². The summed E-state index contributed by atoms with van der Waals surface area (Å²) in [6, 6.07) is 3.97. The molecular weight excluding hydrogens is 265 g/mol. The third kappa shape index (κ3) is 2.69. The Morgan fingerprint density at radius 1 is 1.42 bits per heavy atom. The quantitative estimate of drug-likeness (QED) is 0.593. The summed E-state index contributed by atoms with van der Waals surface area (Å²) in [7, 11) is 3.69. The number of aromatic nitrogens is 1. The molecule has 0 aliphatic heterocycles. The highest BCUT2D eigenvalue weighted by molar-refractivity contribution is 7.80. The van der Waals surface area contributed by atoms with Gasteiger partial charge in [-0.15, -0.1) is 12.6 Å². The van der Waals surface area contributed by atoms with Crippen LogP contribution < -0.4 is 5.56 Å². The lowest BCUT2D eigenvalue weighted by atomic mass is 10.0. The van der Waals surface area contributed by atoms with Crippen LogP contribution in [0.15, 0.2) is 28.0 Å². The van der Waals surface area contributed by atoms with Gasteiger partial charge < -0.3 is 15.3 Å². The lowest BCUT2D eigenvalue weighted by Crippen LogP contribution is -2.23. The van der Waals surface area contributed by atoms with Crippen molar-refractivity contribution in [2.24, 2.45) is 0 Å². The van der Waals surface area contributed by atoms with Crippen LogP contribution in [-0.4, -0.2) is 36.2 Å². The highest BCUT2D eigenvalue weighted by Crippen LogP contribution is 2.22. The Morgan fingerprint density at radius 2 is 2.11 bits per heavy atom. The van der Waals surface area contributed by atoms with Crippen molar-refractivity contribution in [2.45, 2.75) is 5.03 Å². The first kappa shape index (κ1) is 13.8.